The lowest BCUT2D eigenvalue weighted by molar-refractivity contribution is -0.145. The van der Waals surface area contributed by atoms with E-state index in [2.05, 4.69) is 10.3 Å². The van der Waals surface area contributed by atoms with Crippen molar-refractivity contribution in [3.63, 3.8) is 0 Å². The van der Waals surface area contributed by atoms with E-state index >= 15 is 0 Å². The van der Waals surface area contributed by atoms with Gasteiger partial charge in [-0.05, 0) is 37.1 Å². The average molecular weight is 439 g/mol. The van der Waals surface area contributed by atoms with E-state index in [0.717, 1.165) is 36.2 Å². The summed E-state index contributed by atoms with van der Waals surface area (Å²) in [5.41, 5.74) is 1.74. The van der Waals surface area contributed by atoms with Crippen molar-refractivity contribution in [3.8, 4) is 11.3 Å². The molecule has 0 bridgehead atoms. The van der Waals surface area contributed by atoms with Gasteiger partial charge in [-0.2, -0.15) is 0 Å². The standard InChI is InChI=1S/C24H30N4O4/c1-25-23(30)20-9-8-17(15-26-20)18-6-5-7-19(27-18)21-16-28(12-13-32-21)22(29)14-24(31)10-3-2-4-11-24/h5-9,15,21,31H,2-4,10-14,16H2,1H3,(H,25,30)/t21-/m0/s1. The summed E-state index contributed by atoms with van der Waals surface area (Å²) in [6, 6.07) is 9.15. The number of aliphatic hydroxyl groups is 1. The number of carbonyl (C=O) groups excluding carboxylic acids is 2. The van der Waals surface area contributed by atoms with Gasteiger partial charge in [-0.15, -0.1) is 0 Å². The molecular weight excluding hydrogens is 408 g/mol. The third-order valence-corrected chi connectivity index (χ3v) is 6.30. The first-order chi connectivity index (χ1) is 15.5. The number of carbonyl (C=O) groups is 2. The third kappa shape index (κ3) is 5.14. The lowest BCUT2D eigenvalue weighted by Crippen LogP contribution is -2.46. The fourth-order valence-corrected chi connectivity index (χ4v) is 4.43. The first kappa shape index (κ1) is 22.4. The minimum absolute atomic E-state index is 0.0205. The van der Waals surface area contributed by atoms with E-state index in [0.29, 0.717) is 38.2 Å². The molecule has 1 saturated heterocycles. The summed E-state index contributed by atoms with van der Waals surface area (Å²) in [5, 5.41) is 13.3. The van der Waals surface area contributed by atoms with Crippen molar-refractivity contribution in [2.45, 2.75) is 50.2 Å². The zero-order chi connectivity index (χ0) is 22.6. The van der Waals surface area contributed by atoms with E-state index < -0.39 is 5.60 Å². The molecule has 8 heteroatoms. The quantitative estimate of drug-likeness (QED) is 0.743. The van der Waals surface area contributed by atoms with E-state index in [1.54, 1.807) is 24.2 Å². The molecule has 1 saturated carbocycles. The summed E-state index contributed by atoms with van der Waals surface area (Å²) >= 11 is 0. The smallest absolute Gasteiger partial charge is 0.269 e. The van der Waals surface area contributed by atoms with Crippen LogP contribution in [-0.4, -0.2) is 64.1 Å². The van der Waals surface area contributed by atoms with Crippen LogP contribution in [0.3, 0.4) is 0 Å². The Morgan fingerprint density at radius 1 is 1.22 bits per heavy atom. The Morgan fingerprint density at radius 3 is 2.75 bits per heavy atom. The third-order valence-electron chi connectivity index (χ3n) is 6.30. The Balaban J connectivity index is 1.44. The molecule has 1 atom stereocenters. The second kappa shape index (κ2) is 9.75. The average Bonchev–Trinajstić information content (AvgIpc) is 2.84. The highest BCUT2D eigenvalue weighted by Crippen LogP contribution is 2.32. The van der Waals surface area contributed by atoms with Crippen molar-refractivity contribution in [1.82, 2.24) is 20.2 Å². The van der Waals surface area contributed by atoms with Gasteiger partial charge in [0.05, 0.1) is 36.6 Å². The van der Waals surface area contributed by atoms with Crippen molar-refractivity contribution in [2.75, 3.05) is 26.7 Å². The first-order valence-electron chi connectivity index (χ1n) is 11.2. The zero-order valence-electron chi connectivity index (χ0n) is 18.4. The Hall–Kier alpha value is -2.84. The Morgan fingerprint density at radius 2 is 2.03 bits per heavy atom. The van der Waals surface area contributed by atoms with Gasteiger partial charge in [0.1, 0.15) is 11.8 Å². The Bertz CT molecular complexity index is 957. The van der Waals surface area contributed by atoms with E-state index in [1.165, 1.54) is 0 Å². The maximum absolute atomic E-state index is 12.9. The minimum atomic E-state index is -0.866. The largest absolute Gasteiger partial charge is 0.389 e. The number of rotatable bonds is 5. The molecule has 0 spiro atoms. The first-order valence-corrected chi connectivity index (χ1v) is 11.2. The van der Waals surface area contributed by atoms with Crippen molar-refractivity contribution in [2.24, 2.45) is 0 Å². The van der Waals surface area contributed by atoms with E-state index in [4.69, 9.17) is 9.72 Å². The molecule has 2 fully saturated rings. The van der Waals surface area contributed by atoms with Crippen molar-refractivity contribution in [1.29, 1.82) is 0 Å². The van der Waals surface area contributed by atoms with Gasteiger partial charge in [0.25, 0.3) is 5.91 Å². The van der Waals surface area contributed by atoms with Gasteiger partial charge in [0.2, 0.25) is 5.91 Å². The van der Waals surface area contributed by atoms with Crippen LogP contribution in [0.4, 0.5) is 0 Å². The lowest BCUT2D eigenvalue weighted by atomic mass is 9.82. The fourth-order valence-electron chi connectivity index (χ4n) is 4.43. The topological polar surface area (TPSA) is 105 Å². The van der Waals surface area contributed by atoms with E-state index in [9.17, 15) is 14.7 Å². The second-order valence-electron chi connectivity index (χ2n) is 8.62. The van der Waals surface area contributed by atoms with Crippen LogP contribution >= 0.6 is 0 Å². The van der Waals surface area contributed by atoms with Crippen molar-refractivity contribution >= 4 is 11.8 Å². The van der Waals surface area contributed by atoms with Gasteiger partial charge in [0, 0.05) is 25.4 Å². The number of amides is 2. The molecule has 170 valence electrons. The highest BCUT2D eigenvalue weighted by atomic mass is 16.5. The van der Waals surface area contributed by atoms with Crippen LogP contribution in [0.2, 0.25) is 0 Å². The number of hydrogen-bond acceptors (Lipinski definition) is 6. The predicted molar refractivity (Wildman–Crippen MR) is 119 cm³/mol. The number of aromatic nitrogens is 2. The molecule has 2 aromatic rings. The van der Waals surface area contributed by atoms with Gasteiger partial charge in [0.15, 0.2) is 0 Å². The normalized spacial score (nSPS) is 20.6. The molecule has 32 heavy (non-hydrogen) atoms. The highest BCUT2D eigenvalue weighted by Gasteiger charge is 2.35. The van der Waals surface area contributed by atoms with Crippen LogP contribution in [0.1, 0.15) is 60.8 Å². The molecule has 1 aliphatic carbocycles. The van der Waals surface area contributed by atoms with Gasteiger partial charge in [-0.3, -0.25) is 14.6 Å². The minimum Gasteiger partial charge on any atom is -0.389 e. The molecule has 8 nitrogen and oxygen atoms in total. The number of nitrogens with zero attached hydrogens (tertiary/aromatic N) is 3. The number of nitrogens with one attached hydrogen (secondary N) is 1. The van der Waals surface area contributed by atoms with Gasteiger partial charge in [-0.25, -0.2) is 4.98 Å². The zero-order valence-corrected chi connectivity index (χ0v) is 18.4. The summed E-state index contributed by atoms with van der Waals surface area (Å²) in [5.74, 6) is -0.260. The monoisotopic (exact) mass is 438 g/mol. The van der Waals surface area contributed by atoms with Gasteiger partial charge >= 0.3 is 0 Å². The predicted octanol–water partition coefficient (Wildman–Crippen LogP) is 2.49. The Kier molecular flexibility index (Phi) is 6.81. The van der Waals surface area contributed by atoms with E-state index in [1.807, 2.05) is 24.3 Å². The summed E-state index contributed by atoms with van der Waals surface area (Å²) in [7, 11) is 1.57. The van der Waals surface area contributed by atoms with Crippen LogP contribution in [0.5, 0.6) is 0 Å². The van der Waals surface area contributed by atoms with Crippen LogP contribution < -0.4 is 5.32 Å². The van der Waals surface area contributed by atoms with E-state index in [-0.39, 0.29) is 24.3 Å². The summed E-state index contributed by atoms with van der Waals surface area (Å²) in [6.45, 7) is 1.37. The van der Waals surface area contributed by atoms with Crippen LogP contribution in [0.25, 0.3) is 11.3 Å². The number of pyridine rings is 2. The molecule has 0 aromatic carbocycles. The molecule has 3 heterocycles. The number of morpholine rings is 1. The number of hydrogen-bond donors (Lipinski definition) is 2. The van der Waals surface area contributed by atoms with Crippen LogP contribution in [0, 0.1) is 0 Å². The molecule has 2 aliphatic rings. The van der Waals surface area contributed by atoms with Gasteiger partial charge < -0.3 is 20.1 Å². The SMILES string of the molecule is CNC(=O)c1ccc(-c2cccc([C@@H]3CN(C(=O)CC4(O)CCCCC4)CCO3)n2)cn1. The molecular formula is C24H30N4O4. The van der Waals surface area contributed by atoms with Crippen LogP contribution in [0.15, 0.2) is 36.5 Å². The maximum atomic E-state index is 12.9. The summed E-state index contributed by atoms with van der Waals surface area (Å²) < 4.78 is 5.93. The molecule has 0 radical (unpaired) electrons. The maximum Gasteiger partial charge on any atom is 0.269 e. The van der Waals surface area contributed by atoms with Gasteiger partial charge in [-0.1, -0.05) is 25.3 Å². The van der Waals surface area contributed by atoms with Crippen LogP contribution in [-0.2, 0) is 9.53 Å². The summed E-state index contributed by atoms with van der Waals surface area (Å²) in [4.78, 5) is 35.3. The van der Waals surface area contributed by atoms with Crippen molar-refractivity contribution < 1.29 is 19.4 Å². The summed E-state index contributed by atoms with van der Waals surface area (Å²) in [6.07, 6.45) is 5.95. The molecule has 2 amide bonds. The molecule has 4 rings (SSSR count). The number of ether oxygens (including phenoxy) is 1. The van der Waals surface area contributed by atoms with Crippen molar-refractivity contribution in [3.05, 3.63) is 47.9 Å². The second-order valence-corrected chi connectivity index (χ2v) is 8.62. The molecule has 2 N–H and O–H groups in total. The fraction of sp³-hybridized carbons (Fsp3) is 0.500. The molecule has 2 aromatic heterocycles. The molecule has 1 aliphatic heterocycles. The highest BCUT2D eigenvalue weighted by molar-refractivity contribution is 5.92. The molecule has 0 unspecified atom stereocenters. The Labute approximate surface area is 188 Å². The lowest BCUT2D eigenvalue weighted by Gasteiger charge is -2.37.